The lowest BCUT2D eigenvalue weighted by Gasteiger charge is -2.17. The number of aromatic nitrogens is 1. The van der Waals surface area contributed by atoms with Crippen molar-refractivity contribution in [2.75, 3.05) is 26.3 Å². The summed E-state index contributed by atoms with van der Waals surface area (Å²) in [4.78, 5) is 42.3. The van der Waals surface area contributed by atoms with Gasteiger partial charge in [-0.2, -0.15) is 0 Å². The number of hydrogen-bond donors (Lipinski definition) is 1. The second-order valence-corrected chi connectivity index (χ2v) is 6.24. The van der Waals surface area contributed by atoms with Gasteiger partial charge in [0, 0.05) is 37.8 Å². The number of nitrogens with one attached hydrogen (secondary N) is 1. The molecule has 1 aromatic rings. The van der Waals surface area contributed by atoms with Crippen LogP contribution in [0.2, 0.25) is 0 Å². The van der Waals surface area contributed by atoms with Gasteiger partial charge in [-0.05, 0) is 32.4 Å². The number of carbonyl (C=O) groups is 3. The molecule has 1 saturated heterocycles. The zero-order chi connectivity index (χ0) is 19.6. The van der Waals surface area contributed by atoms with Crippen molar-refractivity contribution < 1.29 is 23.9 Å². The Morgan fingerprint density at radius 1 is 1.26 bits per heavy atom. The number of amides is 1. The minimum absolute atomic E-state index is 0.0473. The Labute approximate surface area is 159 Å². The smallest absolute Gasteiger partial charge is 0.328 e. The topological polar surface area (TPSA) is 97.6 Å². The van der Waals surface area contributed by atoms with Crippen molar-refractivity contribution in [2.24, 2.45) is 0 Å². The Morgan fingerprint density at radius 2 is 2.04 bits per heavy atom. The number of rotatable bonds is 11. The quantitative estimate of drug-likeness (QED) is 0.448. The molecule has 1 amide bonds. The summed E-state index contributed by atoms with van der Waals surface area (Å²) >= 11 is 0. The van der Waals surface area contributed by atoms with Gasteiger partial charge in [-0.15, -0.1) is 0 Å². The Hall–Kier alpha value is -2.48. The number of esters is 2. The first-order valence-corrected chi connectivity index (χ1v) is 9.31. The van der Waals surface area contributed by atoms with Gasteiger partial charge < -0.3 is 14.8 Å². The molecular weight excluding hydrogens is 350 g/mol. The fraction of sp³-hybridized carbons (Fsp3) is 0.579. The van der Waals surface area contributed by atoms with Crippen LogP contribution >= 0.6 is 0 Å². The highest BCUT2D eigenvalue weighted by Gasteiger charge is 2.41. The van der Waals surface area contributed by atoms with Gasteiger partial charge in [-0.3, -0.25) is 19.5 Å². The van der Waals surface area contributed by atoms with Gasteiger partial charge in [0.15, 0.2) is 0 Å². The lowest BCUT2D eigenvalue weighted by Crippen LogP contribution is -2.44. The molecule has 0 radical (unpaired) electrons. The zero-order valence-corrected chi connectivity index (χ0v) is 15.8. The van der Waals surface area contributed by atoms with Gasteiger partial charge in [0.25, 0.3) is 0 Å². The van der Waals surface area contributed by atoms with E-state index in [1.807, 2.05) is 23.1 Å². The van der Waals surface area contributed by atoms with E-state index in [0.29, 0.717) is 6.54 Å². The summed E-state index contributed by atoms with van der Waals surface area (Å²) in [6, 6.07) is 4.64. The van der Waals surface area contributed by atoms with Gasteiger partial charge in [-0.25, -0.2) is 4.79 Å². The summed E-state index contributed by atoms with van der Waals surface area (Å²) in [6.07, 6.45) is 2.71. The Balaban J connectivity index is 1.80. The molecular formula is C19H27N3O5. The third-order valence-corrected chi connectivity index (χ3v) is 4.23. The van der Waals surface area contributed by atoms with E-state index in [0.717, 1.165) is 18.7 Å². The standard InChI is InChI=1S/C19H27N3O5/c1-3-26-17(23)9-8-15(19(25)27-4-2)21-18(24)16-13-22(16)12-10-14-7-5-6-11-20-14/h5-7,11,15-16H,3-4,8-10,12-13H2,1-2H3,(H,21,24)/t15-,16?,22?/m0/s1. The number of pyridine rings is 1. The van der Waals surface area contributed by atoms with E-state index in [2.05, 4.69) is 10.3 Å². The molecule has 1 aromatic heterocycles. The SMILES string of the molecule is CCOC(=O)CC[C@H](NC(=O)C1CN1CCc1ccccn1)C(=O)OCC. The molecule has 2 unspecified atom stereocenters. The van der Waals surface area contributed by atoms with Crippen LogP contribution in [0.15, 0.2) is 24.4 Å². The van der Waals surface area contributed by atoms with Crippen molar-refractivity contribution in [3.63, 3.8) is 0 Å². The van der Waals surface area contributed by atoms with Crippen LogP contribution in [0.25, 0.3) is 0 Å². The van der Waals surface area contributed by atoms with E-state index < -0.39 is 18.0 Å². The predicted molar refractivity (Wildman–Crippen MR) is 97.7 cm³/mol. The lowest BCUT2D eigenvalue weighted by atomic mass is 10.1. The molecule has 1 aliphatic rings. The van der Waals surface area contributed by atoms with Crippen LogP contribution in [0, 0.1) is 0 Å². The number of hydrogen-bond acceptors (Lipinski definition) is 7. The minimum atomic E-state index is -0.847. The fourth-order valence-corrected chi connectivity index (χ4v) is 2.73. The molecule has 1 fully saturated rings. The first kappa shape index (κ1) is 20.8. The van der Waals surface area contributed by atoms with E-state index in [-0.39, 0.29) is 38.0 Å². The van der Waals surface area contributed by atoms with Crippen molar-refractivity contribution in [1.29, 1.82) is 0 Å². The van der Waals surface area contributed by atoms with E-state index in [1.54, 1.807) is 20.0 Å². The predicted octanol–water partition coefficient (Wildman–Crippen LogP) is 0.700. The molecule has 148 valence electrons. The third-order valence-electron chi connectivity index (χ3n) is 4.23. The van der Waals surface area contributed by atoms with Gasteiger partial charge in [0.1, 0.15) is 12.1 Å². The van der Waals surface area contributed by atoms with Crippen LogP contribution in [0.1, 0.15) is 32.4 Å². The van der Waals surface area contributed by atoms with E-state index >= 15 is 0 Å². The Kier molecular flexibility index (Phi) is 8.19. The number of ether oxygens (including phenoxy) is 2. The highest BCUT2D eigenvalue weighted by atomic mass is 16.5. The summed E-state index contributed by atoms with van der Waals surface area (Å²) in [5.41, 5.74) is 0.974. The van der Waals surface area contributed by atoms with Crippen molar-refractivity contribution in [3.8, 4) is 0 Å². The summed E-state index contributed by atoms with van der Waals surface area (Å²) in [5.74, 6) is -1.15. The van der Waals surface area contributed by atoms with Crippen molar-refractivity contribution in [2.45, 2.75) is 45.2 Å². The molecule has 3 atom stereocenters. The summed E-state index contributed by atoms with van der Waals surface area (Å²) in [5, 5.41) is 2.71. The largest absolute Gasteiger partial charge is 0.466 e. The first-order chi connectivity index (χ1) is 13.0. The highest BCUT2D eigenvalue weighted by molar-refractivity contribution is 5.89. The maximum Gasteiger partial charge on any atom is 0.328 e. The van der Waals surface area contributed by atoms with Crippen LogP contribution in [0.4, 0.5) is 0 Å². The number of nitrogens with zero attached hydrogens (tertiary/aromatic N) is 2. The minimum Gasteiger partial charge on any atom is -0.466 e. The second kappa shape index (κ2) is 10.6. The molecule has 2 heterocycles. The van der Waals surface area contributed by atoms with Crippen molar-refractivity contribution in [1.82, 2.24) is 15.2 Å². The van der Waals surface area contributed by atoms with Gasteiger partial charge >= 0.3 is 11.9 Å². The molecule has 8 nitrogen and oxygen atoms in total. The molecule has 0 aromatic carbocycles. The Morgan fingerprint density at radius 3 is 2.70 bits per heavy atom. The molecule has 0 saturated carbocycles. The van der Waals surface area contributed by atoms with Crippen LogP contribution < -0.4 is 5.32 Å². The lowest BCUT2D eigenvalue weighted by molar-refractivity contribution is -0.148. The Bertz CT molecular complexity index is 637. The first-order valence-electron chi connectivity index (χ1n) is 9.31. The van der Waals surface area contributed by atoms with Crippen LogP contribution in [0.3, 0.4) is 0 Å². The van der Waals surface area contributed by atoms with Crippen LogP contribution in [-0.4, -0.2) is 66.1 Å². The normalized spacial score (nSPS) is 19.0. The maximum absolute atomic E-state index is 12.4. The molecule has 27 heavy (non-hydrogen) atoms. The van der Waals surface area contributed by atoms with E-state index in [9.17, 15) is 14.4 Å². The van der Waals surface area contributed by atoms with Crippen molar-refractivity contribution >= 4 is 17.8 Å². The zero-order valence-electron chi connectivity index (χ0n) is 15.8. The van der Waals surface area contributed by atoms with Gasteiger partial charge in [-0.1, -0.05) is 6.07 Å². The average Bonchev–Trinajstić information content (AvgIpc) is 3.44. The van der Waals surface area contributed by atoms with E-state index in [1.165, 1.54) is 0 Å². The monoisotopic (exact) mass is 377 g/mol. The van der Waals surface area contributed by atoms with E-state index in [4.69, 9.17) is 9.47 Å². The van der Waals surface area contributed by atoms with Crippen LogP contribution in [-0.2, 0) is 30.3 Å². The summed E-state index contributed by atoms with van der Waals surface area (Å²) in [7, 11) is 0. The second-order valence-electron chi connectivity index (χ2n) is 6.24. The molecule has 0 bridgehead atoms. The van der Waals surface area contributed by atoms with Gasteiger partial charge in [0.05, 0.1) is 13.2 Å². The molecule has 0 aliphatic carbocycles. The average molecular weight is 377 g/mol. The summed E-state index contributed by atoms with van der Waals surface area (Å²) < 4.78 is 9.87. The van der Waals surface area contributed by atoms with Crippen molar-refractivity contribution in [3.05, 3.63) is 30.1 Å². The third kappa shape index (κ3) is 6.97. The maximum atomic E-state index is 12.4. The summed E-state index contributed by atoms with van der Waals surface area (Å²) in [6.45, 7) is 5.28. The molecule has 8 heteroatoms. The molecule has 2 rings (SSSR count). The van der Waals surface area contributed by atoms with Crippen LogP contribution in [0.5, 0.6) is 0 Å². The van der Waals surface area contributed by atoms with Gasteiger partial charge in [0.2, 0.25) is 5.91 Å². The fourth-order valence-electron chi connectivity index (χ4n) is 2.73. The number of carbonyl (C=O) groups excluding carboxylic acids is 3. The molecule has 1 N–H and O–H groups in total. The molecule has 1 aliphatic heterocycles. The molecule has 0 spiro atoms. The highest BCUT2D eigenvalue weighted by Crippen LogP contribution is 2.18.